The van der Waals surface area contributed by atoms with Gasteiger partial charge in [0.05, 0.1) is 30.8 Å². The zero-order chi connectivity index (χ0) is 27.6. The summed E-state index contributed by atoms with van der Waals surface area (Å²) in [4.78, 5) is 31.2. The van der Waals surface area contributed by atoms with E-state index in [4.69, 9.17) is 19.4 Å². The van der Waals surface area contributed by atoms with Gasteiger partial charge in [-0.1, -0.05) is 24.8 Å². The lowest BCUT2D eigenvalue weighted by atomic mass is 9.99. The highest BCUT2D eigenvalue weighted by Crippen LogP contribution is 2.42. The van der Waals surface area contributed by atoms with Crippen LogP contribution < -0.4 is 14.4 Å². The summed E-state index contributed by atoms with van der Waals surface area (Å²) in [5.41, 5.74) is 3.31. The van der Waals surface area contributed by atoms with E-state index < -0.39 is 0 Å². The van der Waals surface area contributed by atoms with Crippen LogP contribution in [-0.2, 0) is 17.9 Å². The van der Waals surface area contributed by atoms with E-state index in [2.05, 4.69) is 46.5 Å². The van der Waals surface area contributed by atoms with Gasteiger partial charge in [0.2, 0.25) is 5.91 Å². The Morgan fingerprint density at radius 2 is 2.08 bits per heavy atom. The Balaban J connectivity index is 1.30. The van der Waals surface area contributed by atoms with Gasteiger partial charge in [-0.15, -0.1) is 0 Å². The molecule has 1 amide bonds. The minimum Gasteiger partial charge on any atom is -0.493 e. The Hall–Kier alpha value is -3.68. The van der Waals surface area contributed by atoms with Crippen molar-refractivity contribution < 1.29 is 14.3 Å². The van der Waals surface area contributed by atoms with Crippen molar-refractivity contribution in [2.75, 3.05) is 51.3 Å². The normalized spacial score (nSPS) is 24.6. The van der Waals surface area contributed by atoms with Gasteiger partial charge >= 0.3 is 6.01 Å². The lowest BCUT2D eigenvalue weighted by Gasteiger charge is -2.41. The van der Waals surface area contributed by atoms with Crippen molar-refractivity contribution in [1.82, 2.24) is 24.7 Å². The number of benzene rings is 1. The topological polar surface area (TPSA) is 98.1 Å². The van der Waals surface area contributed by atoms with Crippen molar-refractivity contribution in [1.29, 1.82) is 5.26 Å². The molecule has 1 unspecified atom stereocenters. The molecule has 2 aromatic rings. The average molecular weight is 544 g/mol. The van der Waals surface area contributed by atoms with Gasteiger partial charge in [-0.25, -0.2) is 0 Å². The molecule has 0 spiro atoms. The highest BCUT2D eigenvalue weighted by Gasteiger charge is 2.37. The molecule has 0 radical (unpaired) electrons. The summed E-state index contributed by atoms with van der Waals surface area (Å²) in [5.74, 6) is 1.67. The fraction of sp³-hybridized carbons (Fsp3) is 0.533. The van der Waals surface area contributed by atoms with E-state index >= 15 is 0 Å². The van der Waals surface area contributed by atoms with Crippen LogP contribution in [0.5, 0.6) is 11.8 Å². The molecule has 4 aliphatic heterocycles. The molecule has 0 aliphatic carbocycles. The van der Waals surface area contributed by atoms with E-state index in [0.717, 1.165) is 48.8 Å². The number of amides is 1. The minimum absolute atomic E-state index is 0.137. The maximum absolute atomic E-state index is 12.5. The standard InChI is InChI=1S/C30H37N7O3/c1-3-28(38)37-15-14-35(17-21(37)10-12-31)29-24-18-36(26-11-16-39-27-9-5-4-8-23(26)27)19-25(24)32-30(33-29)40-20-22-7-6-13-34(22)2/h3-5,8-9,21-22,26H,1,6-7,10-11,13-20H2,2H3/t21-,22-,26?/m0/s1. The Morgan fingerprint density at radius 1 is 1.20 bits per heavy atom. The minimum atomic E-state index is -0.230. The third-order valence-corrected chi connectivity index (χ3v) is 8.78. The van der Waals surface area contributed by atoms with Gasteiger partial charge in [-0.2, -0.15) is 15.2 Å². The molecule has 3 atom stereocenters. The zero-order valence-corrected chi connectivity index (χ0v) is 23.2. The third-order valence-electron chi connectivity index (χ3n) is 8.78. The third kappa shape index (κ3) is 5.11. The number of rotatable bonds is 7. The summed E-state index contributed by atoms with van der Waals surface area (Å²) >= 11 is 0. The summed E-state index contributed by atoms with van der Waals surface area (Å²) in [6.07, 6.45) is 4.79. The fourth-order valence-electron chi connectivity index (χ4n) is 6.58. The molecule has 0 bridgehead atoms. The van der Waals surface area contributed by atoms with Crippen LogP contribution in [0.15, 0.2) is 36.9 Å². The first-order valence-corrected chi connectivity index (χ1v) is 14.3. The van der Waals surface area contributed by atoms with Gasteiger partial charge in [0.15, 0.2) is 0 Å². The molecule has 1 aromatic carbocycles. The molecule has 2 fully saturated rings. The Labute approximate surface area is 235 Å². The first-order valence-electron chi connectivity index (χ1n) is 14.3. The molecule has 10 heteroatoms. The van der Waals surface area contributed by atoms with Crippen molar-refractivity contribution in [2.24, 2.45) is 0 Å². The highest BCUT2D eigenvalue weighted by molar-refractivity contribution is 5.87. The van der Waals surface area contributed by atoms with Crippen molar-refractivity contribution >= 4 is 11.7 Å². The van der Waals surface area contributed by atoms with Gasteiger partial charge in [0, 0.05) is 62.4 Å². The fourth-order valence-corrected chi connectivity index (χ4v) is 6.58. The lowest BCUT2D eigenvalue weighted by Crippen LogP contribution is -2.55. The number of fused-ring (bicyclic) bond motifs is 2. The largest absolute Gasteiger partial charge is 0.493 e. The molecule has 10 nitrogen and oxygen atoms in total. The number of aromatic nitrogens is 2. The van der Waals surface area contributed by atoms with Crippen LogP contribution in [0.4, 0.5) is 5.82 Å². The summed E-state index contributed by atoms with van der Waals surface area (Å²) in [6.45, 7) is 9.07. The number of anilines is 1. The second kappa shape index (κ2) is 11.4. The van der Waals surface area contributed by atoms with E-state index in [1.54, 1.807) is 4.90 Å². The summed E-state index contributed by atoms with van der Waals surface area (Å²) < 4.78 is 12.2. The molecule has 0 N–H and O–H groups in total. The number of hydrogen-bond acceptors (Lipinski definition) is 9. The number of piperazine rings is 1. The van der Waals surface area contributed by atoms with Crippen LogP contribution in [0, 0.1) is 11.3 Å². The molecule has 2 saturated heterocycles. The number of nitriles is 1. The van der Waals surface area contributed by atoms with Gasteiger partial charge in [0.1, 0.15) is 18.2 Å². The Kier molecular flexibility index (Phi) is 7.59. The Bertz CT molecular complexity index is 1310. The van der Waals surface area contributed by atoms with E-state index in [9.17, 15) is 10.1 Å². The summed E-state index contributed by atoms with van der Waals surface area (Å²) in [7, 11) is 2.14. The van der Waals surface area contributed by atoms with Crippen LogP contribution in [0.3, 0.4) is 0 Å². The van der Waals surface area contributed by atoms with E-state index in [-0.39, 0.29) is 24.4 Å². The van der Waals surface area contributed by atoms with Crippen LogP contribution in [0.1, 0.15) is 48.5 Å². The van der Waals surface area contributed by atoms with Gasteiger partial charge in [-0.05, 0) is 38.6 Å². The molecular formula is C30H37N7O3. The maximum atomic E-state index is 12.5. The summed E-state index contributed by atoms with van der Waals surface area (Å²) in [5, 5.41) is 9.50. The molecule has 4 aliphatic rings. The number of likely N-dealkylation sites (N-methyl/N-ethyl adjacent to an activating group) is 1. The van der Waals surface area contributed by atoms with Crippen LogP contribution in [-0.4, -0.2) is 89.1 Å². The monoisotopic (exact) mass is 543 g/mol. The number of carbonyl (C=O) groups excluding carboxylic acids is 1. The van der Waals surface area contributed by atoms with Gasteiger partial charge in [-0.3, -0.25) is 9.69 Å². The van der Waals surface area contributed by atoms with Crippen LogP contribution in [0.25, 0.3) is 0 Å². The van der Waals surface area contributed by atoms with Crippen molar-refractivity contribution in [3.05, 3.63) is 53.7 Å². The van der Waals surface area contributed by atoms with Crippen LogP contribution >= 0.6 is 0 Å². The van der Waals surface area contributed by atoms with Crippen LogP contribution in [0.2, 0.25) is 0 Å². The molecule has 0 saturated carbocycles. The van der Waals surface area contributed by atoms with Gasteiger partial charge in [0.25, 0.3) is 0 Å². The number of para-hydroxylation sites is 1. The predicted octanol–water partition coefficient (Wildman–Crippen LogP) is 2.91. The second-order valence-electron chi connectivity index (χ2n) is 11.1. The first kappa shape index (κ1) is 26.5. The number of likely N-dealkylation sites (tertiary alicyclic amines) is 1. The SMILES string of the molecule is C=CC(=O)N1CCN(c2nc(OC[C@@H]3CCCN3C)nc3c2CN(C2CCOc4ccccc42)C3)C[C@@H]1CC#N. The van der Waals surface area contributed by atoms with E-state index in [1.807, 2.05) is 12.1 Å². The quantitative estimate of drug-likeness (QED) is 0.488. The zero-order valence-electron chi connectivity index (χ0n) is 23.2. The highest BCUT2D eigenvalue weighted by atomic mass is 16.5. The number of carbonyl (C=O) groups is 1. The molecule has 6 rings (SSSR count). The smallest absolute Gasteiger partial charge is 0.318 e. The van der Waals surface area contributed by atoms with E-state index in [0.29, 0.717) is 51.4 Å². The summed E-state index contributed by atoms with van der Waals surface area (Å²) in [6, 6.07) is 11.3. The average Bonchev–Trinajstić information content (AvgIpc) is 3.60. The maximum Gasteiger partial charge on any atom is 0.318 e. The molecule has 1 aromatic heterocycles. The molecular weight excluding hydrogens is 506 g/mol. The number of ether oxygens (including phenoxy) is 2. The predicted molar refractivity (Wildman–Crippen MR) is 150 cm³/mol. The molecule has 210 valence electrons. The van der Waals surface area contributed by atoms with Gasteiger partial charge < -0.3 is 24.2 Å². The molecule has 5 heterocycles. The number of nitrogens with zero attached hydrogens (tertiary/aromatic N) is 7. The Morgan fingerprint density at radius 3 is 2.88 bits per heavy atom. The second-order valence-corrected chi connectivity index (χ2v) is 11.1. The van der Waals surface area contributed by atoms with Crippen molar-refractivity contribution in [3.63, 3.8) is 0 Å². The van der Waals surface area contributed by atoms with E-state index in [1.165, 1.54) is 18.1 Å². The van der Waals surface area contributed by atoms with Crippen molar-refractivity contribution in [3.8, 4) is 17.8 Å². The molecule has 40 heavy (non-hydrogen) atoms. The number of hydrogen-bond donors (Lipinski definition) is 0. The lowest BCUT2D eigenvalue weighted by molar-refractivity contribution is -0.128. The first-order chi connectivity index (χ1) is 19.6. The van der Waals surface area contributed by atoms with Crippen molar-refractivity contribution in [2.45, 2.75) is 56.9 Å².